The lowest BCUT2D eigenvalue weighted by atomic mass is 9.82. The quantitative estimate of drug-likeness (QED) is 0.614. The van der Waals surface area contributed by atoms with Crippen LogP contribution in [0.2, 0.25) is 0 Å². The van der Waals surface area contributed by atoms with Crippen molar-refractivity contribution < 1.29 is 22.7 Å². The number of hydrogen-bond donors (Lipinski definition) is 2. The van der Waals surface area contributed by atoms with Gasteiger partial charge in [0.1, 0.15) is 23.5 Å². The van der Waals surface area contributed by atoms with Gasteiger partial charge in [-0.2, -0.15) is 0 Å². The molecule has 0 spiro atoms. The van der Waals surface area contributed by atoms with Gasteiger partial charge in [-0.3, -0.25) is 9.59 Å². The fourth-order valence-electron chi connectivity index (χ4n) is 4.96. The van der Waals surface area contributed by atoms with Crippen LogP contribution in [0.3, 0.4) is 0 Å². The summed E-state index contributed by atoms with van der Waals surface area (Å²) >= 11 is 0. The highest BCUT2D eigenvalue weighted by Gasteiger charge is 2.55. The molecule has 5 rings (SSSR count). The average Bonchev–Trinajstić information content (AvgIpc) is 3.38. The first-order valence-corrected chi connectivity index (χ1v) is 10.6. The van der Waals surface area contributed by atoms with Gasteiger partial charge in [-0.1, -0.05) is 6.07 Å². The normalized spacial score (nSPS) is 22.6. The van der Waals surface area contributed by atoms with Crippen LogP contribution >= 0.6 is 0 Å². The van der Waals surface area contributed by atoms with Crippen LogP contribution in [-0.2, 0) is 16.1 Å². The van der Waals surface area contributed by atoms with Gasteiger partial charge in [-0.05, 0) is 49.9 Å². The summed E-state index contributed by atoms with van der Waals surface area (Å²) in [6.45, 7) is -0.282. The number of carbonyl (C=O) groups is 1. The fraction of sp³-hybridized carbons (Fsp3) is 0.348. The molecule has 1 atom stereocenters. The summed E-state index contributed by atoms with van der Waals surface area (Å²) in [5.74, 6) is -2.97. The maximum absolute atomic E-state index is 14.1. The van der Waals surface area contributed by atoms with Crippen LogP contribution in [0.25, 0.3) is 10.9 Å². The fourth-order valence-corrected chi connectivity index (χ4v) is 4.96. The van der Waals surface area contributed by atoms with Gasteiger partial charge in [0, 0.05) is 18.2 Å². The van der Waals surface area contributed by atoms with Gasteiger partial charge in [0.05, 0.1) is 22.6 Å². The summed E-state index contributed by atoms with van der Waals surface area (Å²) in [5.41, 5.74) is -2.56. The summed E-state index contributed by atoms with van der Waals surface area (Å²) in [4.78, 5) is 42.2. The third-order valence-electron chi connectivity index (χ3n) is 6.54. The minimum Gasteiger partial charge on any atom is -0.369 e. The molecule has 2 aliphatic rings. The Kier molecular flexibility index (Phi) is 5.12. The number of fused-ring (bicyclic) bond motifs is 3. The van der Waals surface area contributed by atoms with E-state index in [2.05, 4.69) is 10.3 Å². The molecule has 7 nitrogen and oxygen atoms in total. The van der Waals surface area contributed by atoms with Gasteiger partial charge in [0.15, 0.2) is 0 Å². The van der Waals surface area contributed by atoms with E-state index in [9.17, 15) is 27.6 Å². The summed E-state index contributed by atoms with van der Waals surface area (Å²) in [7, 11) is 0. The first kappa shape index (κ1) is 21.4. The lowest BCUT2D eigenvalue weighted by Gasteiger charge is -2.34. The number of aromatic amines is 1. The molecule has 2 N–H and O–H groups in total. The highest BCUT2D eigenvalue weighted by Crippen LogP contribution is 2.49. The molecule has 1 aromatic heterocycles. The first-order chi connectivity index (χ1) is 15.8. The number of benzene rings is 2. The smallest absolute Gasteiger partial charge is 0.329 e. The molecule has 172 valence electrons. The molecule has 1 unspecified atom stereocenters. The number of nitrogens with one attached hydrogen (secondary N) is 2. The molecule has 0 aliphatic carbocycles. The van der Waals surface area contributed by atoms with E-state index in [0.29, 0.717) is 31.7 Å². The van der Waals surface area contributed by atoms with E-state index >= 15 is 0 Å². The lowest BCUT2D eigenvalue weighted by molar-refractivity contribution is -0.134. The Labute approximate surface area is 185 Å². The van der Waals surface area contributed by atoms with E-state index in [0.717, 1.165) is 22.8 Å². The summed E-state index contributed by atoms with van der Waals surface area (Å²) in [6, 6.07) is 5.01. The SMILES string of the molecule is O=C(NCc1ccc(F)cc1F)C(n1c(=O)[nH]c2ccc(F)cc2c1=O)C12CCC(CC1)O2. The number of hydrogen-bond acceptors (Lipinski definition) is 4. The molecule has 10 heteroatoms. The highest BCUT2D eigenvalue weighted by atomic mass is 19.1. The van der Waals surface area contributed by atoms with Crippen molar-refractivity contribution >= 4 is 16.8 Å². The van der Waals surface area contributed by atoms with Crippen molar-refractivity contribution in [2.24, 2.45) is 0 Å². The van der Waals surface area contributed by atoms with E-state index in [1.165, 1.54) is 12.1 Å². The van der Waals surface area contributed by atoms with Crippen LogP contribution in [0.15, 0.2) is 46.0 Å². The van der Waals surface area contributed by atoms with E-state index in [1.54, 1.807) is 0 Å². The van der Waals surface area contributed by atoms with Crippen molar-refractivity contribution in [2.75, 3.05) is 0 Å². The molecule has 1 amide bonds. The molecule has 3 heterocycles. The number of ether oxygens (including phenoxy) is 1. The molecular formula is C23H20F3N3O4. The Balaban J connectivity index is 1.58. The van der Waals surface area contributed by atoms with Crippen LogP contribution in [0.5, 0.6) is 0 Å². The zero-order valence-corrected chi connectivity index (χ0v) is 17.4. The number of halogens is 3. The molecule has 0 radical (unpaired) electrons. The van der Waals surface area contributed by atoms with Crippen LogP contribution in [0.4, 0.5) is 13.2 Å². The van der Waals surface area contributed by atoms with Crippen molar-refractivity contribution in [2.45, 2.75) is 50.0 Å². The minimum absolute atomic E-state index is 0.0412. The predicted octanol–water partition coefficient (Wildman–Crippen LogP) is 2.68. The third kappa shape index (κ3) is 3.64. The monoisotopic (exact) mass is 459 g/mol. The van der Waals surface area contributed by atoms with Gasteiger partial charge < -0.3 is 15.0 Å². The minimum atomic E-state index is -1.35. The van der Waals surface area contributed by atoms with E-state index in [1.807, 2.05) is 0 Å². The lowest BCUT2D eigenvalue weighted by Crippen LogP contribution is -2.53. The van der Waals surface area contributed by atoms with Crippen LogP contribution < -0.4 is 16.6 Å². The molecule has 2 aromatic carbocycles. The Hall–Kier alpha value is -3.40. The van der Waals surface area contributed by atoms with Gasteiger partial charge in [-0.25, -0.2) is 22.5 Å². The van der Waals surface area contributed by atoms with E-state index in [-0.39, 0.29) is 29.1 Å². The molecule has 2 fully saturated rings. The molecule has 2 bridgehead atoms. The molecule has 3 aromatic rings. The summed E-state index contributed by atoms with van der Waals surface area (Å²) in [6.07, 6.45) is 2.17. The van der Waals surface area contributed by atoms with E-state index in [4.69, 9.17) is 4.74 Å². The predicted molar refractivity (Wildman–Crippen MR) is 112 cm³/mol. The first-order valence-electron chi connectivity index (χ1n) is 10.6. The Bertz CT molecular complexity index is 1380. The van der Waals surface area contributed by atoms with Crippen molar-refractivity contribution in [1.82, 2.24) is 14.9 Å². The number of aromatic nitrogens is 2. The molecule has 33 heavy (non-hydrogen) atoms. The standard InChI is InChI=1S/C23H20F3N3O4/c24-13-3-4-18-16(9-13)21(31)29(22(32)28-18)19(23-7-5-15(33-23)6-8-23)20(30)27-11-12-1-2-14(25)10-17(12)26/h1-4,9-10,15,19H,5-8,11H2,(H,27,30)(H,28,32). The Morgan fingerprint density at radius 3 is 2.48 bits per heavy atom. The van der Waals surface area contributed by atoms with Crippen LogP contribution in [0.1, 0.15) is 37.3 Å². The van der Waals surface area contributed by atoms with Gasteiger partial charge in [-0.15, -0.1) is 0 Å². The van der Waals surface area contributed by atoms with Gasteiger partial charge in [0.25, 0.3) is 5.56 Å². The molecule has 2 aliphatic heterocycles. The van der Waals surface area contributed by atoms with Gasteiger partial charge >= 0.3 is 5.69 Å². The number of nitrogens with zero attached hydrogens (tertiary/aromatic N) is 1. The Morgan fingerprint density at radius 2 is 1.82 bits per heavy atom. The second-order valence-corrected chi connectivity index (χ2v) is 8.53. The molecular weight excluding hydrogens is 439 g/mol. The Morgan fingerprint density at radius 1 is 1.12 bits per heavy atom. The van der Waals surface area contributed by atoms with Crippen molar-refractivity contribution in [3.63, 3.8) is 0 Å². The number of H-pyrrole nitrogens is 1. The second kappa shape index (κ2) is 7.87. The zero-order chi connectivity index (χ0) is 23.3. The average molecular weight is 459 g/mol. The maximum atomic E-state index is 14.1. The molecule has 2 saturated heterocycles. The maximum Gasteiger partial charge on any atom is 0.329 e. The van der Waals surface area contributed by atoms with Crippen molar-refractivity contribution in [1.29, 1.82) is 0 Å². The molecule has 0 saturated carbocycles. The van der Waals surface area contributed by atoms with Crippen molar-refractivity contribution in [3.8, 4) is 0 Å². The van der Waals surface area contributed by atoms with Gasteiger partial charge in [0.2, 0.25) is 5.91 Å². The van der Waals surface area contributed by atoms with Crippen LogP contribution in [0, 0.1) is 17.5 Å². The van der Waals surface area contributed by atoms with Crippen LogP contribution in [-0.4, -0.2) is 27.2 Å². The number of rotatable bonds is 5. The third-order valence-corrected chi connectivity index (χ3v) is 6.54. The second-order valence-electron chi connectivity index (χ2n) is 8.53. The summed E-state index contributed by atoms with van der Waals surface area (Å²) in [5, 5.41) is 2.48. The summed E-state index contributed by atoms with van der Waals surface area (Å²) < 4.78 is 47.9. The topological polar surface area (TPSA) is 93.2 Å². The zero-order valence-electron chi connectivity index (χ0n) is 17.4. The number of carbonyl (C=O) groups excluding carboxylic acids is 1. The van der Waals surface area contributed by atoms with E-state index < -0.39 is 46.3 Å². The number of amides is 1. The largest absolute Gasteiger partial charge is 0.369 e. The highest BCUT2D eigenvalue weighted by molar-refractivity contribution is 5.83. The van der Waals surface area contributed by atoms with Crippen molar-refractivity contribution in [3.05, 3.63) is 80.3 Å².